The van der Waals surface area contributed by atoms with E-state index in [0.29, 0.717) is 0 Å². The highest BCUT2D eigenvalue weighted by atomic mass is 35.5. The van der Waals surface area contributed by atoms with E-state index in [1.807, 2.05) is 0 Å². The van der Waals surface area contributed by atoms with Gasteiger partial charge in [0.05, 0.1) is 6.61 Å². The Morgan fingerprint density at radius 3 is 2.67 bits per heavy atom. The second-order valence-corrected chi connectivity index (χ2v) is 3.95. The SMILES string of the molecule is CCOC(=O)c1ccn(-c2nc(Cl)cc(Cl)n2)n1. The fourth-order valence-electron chi connectivity index (χ4n) is 1.23. The van der Waals surface area contributed by atoms with Crippen molar-refractivity contribution in [2.75, 3.05) is 6.61 Å². The van der Waals surface area contributed by atoms with E-state index in [-0.39, 0.29) is 28.6 Å². The highest BCUT2D eigenvalue weighted by Gasteiger charge is 2.12. The molecule has 0 unspecified atom stereocenters. The normalized spacial score (nSPS) is 10.4. The summed E-state index contributed by atoms with van der Waals surface area (Å²) >= 11 is 11.5. The van der Waals surface area contributed by atoms with E-state index >= 15 is 0 Å². The molecule has 94 valence electrons. The standard InChI is InChI=1S/C10H8Cl2N4O2/c1-2-18-9(17)6-3-4-16(15-6)10-13-7(11)5-8(12)14-10/h3-5H,2H2,1H3. The van der Waals surface area contributed by atoms with Gasteiger partial charge >= 0.3 is 5.97 Å². The molecule has 0 aliphatic rings. The molecule has 0 radical (unpaired) electrons. The Hall–Kier alpha value is -1.66. The summed E-state index contributed by atoms with van der Waals surface area (Å²) in [6.07, 6.45) is 1.52. The average molecular weight is 287 g/mol. The van der Waals surface area contributed by atoms with Gasteiger partial charge in [0, 0.05) is 12.3 Å². The molecule has 0 amide bonds. The van der Waals surface area contributed by atoms with Crippen LogP contribution in [0.15, 0.2) is 18.3 Å². The molecule has 2 rings (SSSR count). The highest BCUT2D eigenvalue weighted by molar-refractivity contribution is 6.33. The van der Waals surface area contributed by atoms with Crippen LogP contribution in [0.25, 0.3) is 5.95 Å². The number of aromatic nitrogens is 4. The zero-order valence-corrected chi connectivity index (χ0v) is 10.8. The summed E-state index contributed by atoms with van der Waals surface area (Å²) in [4.78, 5) is 19.3. The Balaban J connectivity index is 2.32. The van der Waals surface area contributed by atoms with Gasteiger partial charge < -0.3 is 4.74 Å². The number of carbonyl (C=O) groups excluding carboxylic acids is 1. The summed E-state index contributed by atoms with van der Waals surface area (Å²) < 4.78 is 6.11. The molecule has 0 saturated heterocycles. The number of rotatable bonds is 3. The van der Waals surface area contributed by atoms with Crippen molar-refractivity contribution in [2.24, 2.45) is 0 Å². The van der Waals surface area contributed by atoms with Crippen LogP contribution in [0.5, 0.6) is 0 Å². The minimum absolute atomic E-state index is 0.163. The van der Waals surface area contributed by atoms with Gasteiger partial charge in [0.15, 0.2) is 5.69 Å². The van der Waals surface area contributed by atoms with E-state index in [1.54, 1.807) is 6.92 Å². The maximum atomic E-state index is 11.4. The number of nitrogens with zero attached hydrogens (tertiary/aromatic N) is 4. The number of halogens is 2. The Morgan fingerprint density at radius 2 is 2.06 bits per heavy atom. The molecule has 0 N–H and O–H groups in total. The van der Waals surface area contributed by atoms with Gasteiger partial charge in [-0.25, -0.2) is 9.48 Å². The maximum absolute atomic E-state index is 11.4. The van der Waals surface area contributed by atoms with Crippen LogP contribution in [-0.4, -0.2) is 32.3 Å². The van der Waals surface area contributed by atoms with Gasteiger partial charge in [0.25, 0.3) is 5.95 Å². The fourth-order valence-corrected chi connectivity index (χ4v) is 1.64. The van der Waals surface area contributed by atoms with Crippen LogP contribution >= 0.6 is 23.2 Å². The first kappa shape index (κ1) is 12.8. The van der Waals surface area contributed by atoms with Gasteiger partial charge in [-0.2, -0.15) is 15.1 Å². The molecule has 0 aliphatic heterocycles. The van der Waals surface area contributed by atoms with Gasteiger partial charge in [-0.3, -0.25) is 0 Å². The second kappa shape index (κ2) is 5.32. The van der Waals surface area contributed by atoms with Crippen LogP contribution in [0.2, 0.25) is 10.3 Å². The first-order valence-electron chi connectivity index (χ1n) is 5.03. The van der Waals surface area contributed by atoms with Crippen molar-refractivity contribution < 1.29 is 9.53 Å². The summed E-state index contributed by atoms with van der Waals surface area (Å²) in [5, 5.41) is 4.37. The largest absolute Gasteiger partial charge is 0.461 e. The maximum Gasteiger partial charge on any atom is 0.358 e. The summed E-state index contributed by atoms with van der Waals surface area (Å²) in [6, 6.07) is 2.90. The molecule has 0 aromatic carbocycles. The van der Waals surface area contributed by atoms with Crippen molar-refractivity contribution in [1.29, 1.82) is 0 Å². The van der Waals surface area contributed by atoms with Crippen LogP contribution in [0.4, 0.5) is 0 Å². The van der Waals surface area contributed by atoms with Crippen molar-refractivity contribution in [2.45, 2.75) is 6.92 Å². The third-order valence-corrected chi connectivity index (χ3v) is 2.32. The Labute approximate surface area is 113 Å². The average Bonchev–Trinajstić information content (AvgIpc) is 2.77. The van der Waals surface area contributed by atoms with Gasteiger partial charge in [-0.05, 0) is 13.0 Å². The minimum Gasteiger partial charge on any atom is -0.461 e. The molecular weight excluding hydrogens is 279 g/mol. The number of hydrogen-bond acceptors (Lipinski definition) is 5. The third-order valence-electron chi connectivity index (χ3n) is 1.93. The summed E-state index contributed by atoms with van der Waals surface area (Å²) in [5.41, 5.74) is 0.163. The van der Waals surface area contributed by atoms with E-state index in [4.69, 9.17) is 27.9 Å². The molecule has 8 heteroatoms. The molecule has 0 fully saturated rings. The molecule has 2 heterocycles. The van der Waals surface area contributed by atoms with E-state index in [9.17, 15) is 4.79 Å². The zero-order chi connectivity index (χ0) is 13.1. The van der Waals surface area contributed by atoms with E-state index < -0.39 is 5.97 Å². The van der Waals surface area contributed by atoms with Gasteiger partial charge in [-0.1, -0.05) is 23.2 Å². The number of hydrogen-bond donors (Lipinski definition) is 0. The molecule has 0 aliphatic carbocycles. The predicted molar refractivity (Wildman–Crippen MR) is 65.1 cm³/mol. The van der Waals surface area contributed by atoms with Crippen molar-refractivity contribution in [3.8, 4) is 5.95 Å². The van der Waals surface area contributed by atoms with Crippen molar-refractivity contribution in [3.05, 3.63) is 34.3 Å². The van der Waals surface area contributed by atoms with E-state index in [2.05, 4.69) is 15.1 Å². The number of esters is 1. The van der Waals surface area contributed by atoms with Crippen molar-refractivity contribution >= 4 is 29.2 Å². The molecule has 0 atom stereocenters. The quantitative estimate of drug-likeness (QED) is 0.639. The molecule has 18 heavy (non-hydrogen) atoms. The minimum atomic E-state index is -0.510. The summed E-state index contributed by atoms with van der Waals surface area (Å²) in [6.45, 7) is 2.00. The lowest BCUT2D eigenvalue weighted by Crippen LogP contribution is -2.08. The monoisotopic (exact) mass is 286 g/mol. The fraction of sp³-hybridized carbons (Fsp3) is 0.200. The topological polar surface area (TPSA) is 69.9 Å². The predicted octanol–water partition coefficient (Wildman–Crippen LogP) is 2.15. The van der Waals surface area contributed by atoms with Gasteiger partial charge in [0.2, 0.25) is 0 Å². The molecular formula is C10H8Cl2N4O2. The van der Waals surface area contributed by atoms with Gasteiger partial charge in [0.1, 0.15) is 10.3 Å². The number of ether oxygens (including phenoxy) is 1. The van der Waals surface area contributed by atoms with Crippen molar-refractivity contribution in [3.63, 3.8) is 0 Å². The van der Waals surface area contributed by atoms with Crippen LogP contribution in [-0.2, 0) is 4.74 Å². The third kappa shape index (κ3) is 2.77. The Kier molecular flexibility index (Phi) is 3.78. The van der Waals surface area contributed by atoms with E-state index in [1.165, 1.54) is 23.0 Å². The lowest BCUT2D eigenvalue weighted by atomic mass is 10.4. The molecule has 2 aromatic rings. The van der Waals surface area contributed by atoms with Crippen LogP contribution in [0, 0.1) is 0 Å². The molecule has 2 aromatic heterocycles. The second-order valence-electron chi connectivity index (χ2n) is 3.18. The first-order valence-corrected chi connectivity index (χ1v) is 5.79. The lowest BCUT2D eigenvalue weighted by molar-refractivity contribution is 0.0519. The molecule has 6 nitrogen and oxygen atoms in total. The number of carbonyl (C=O) groups is 1. The smallest absolute Gasteiger partial charge is 0.358 e. The highest BCUT2D eigenvalue weighted by Crippen LogP contribution is 2.14. The Bertz CT molecular complexity index is 565. The van der Waals surface area contributed by atoms with Crippen LogP contribution in [0.1, 0.15) is 17.4 Å². The van der Waals surface area contributed by atoms with Crippen LogP contribution < -0.4 is 0 Å². The first-order chi connectivity index (χ1) is 8.60. The van der Waals surface area contributed by atoms with Gasteiger partial charge in [-0.15, -0.1) is 0 Å². The molecule has 0 spiro atoms. The molecule has 0 bridgehead atoms. The van der Waals surface area contributed by atoms with E-state index in [0.717, 1.165) is 0 Å². The molecule has 0 saturated carbocycles. The lowest BCUT2D eigenvalue weighted by Gasteiger charge is -2.00. The van der Waals surface area contributed by atoms with Crippen LogP contribution in [0.3, 0.4) is 0 Å². The van der Waals surface area contributed by atoms with Crippen molar-refractivity contribution in [1.82, 2.24) is 19.7 Å². The Morgan fingerprint density at radius 1 is 1.39 bits per heavy atom. The zero-order valence-electron chi connectivity index (χ0n) is 9.30. The summed E-state index contributed by atoms with van der Waals surface area (Å²) in [5.74, 6) is -0.326. The summed E-state index contributed by atoms with van der Waals surface area (Å²) in [7, 11) is 0.